The first kappa shape index (κ1) is 21.3. The number of hydrogen-bond acceptors (Lipinski definition) is 5. The van der Waals surface area contributed by atoms with Gasteiger partial charge < -0.3 is 5.73 Å². The summed E-state index contributed by atoms with van der Waals surface area (Å²) >= 11 is 0. The van der Waals surface area contributed by atoms with Crippen molar-refractivity contribution in [1.82, 2.24) is 14.9 Å². The van der Waals surface area contributed by atoms with Crippen LogP contribution in [0.25, 0.3) is 11.1 Å². The summed E-state index contributed by atoms with van der Waals surface area (Å²) in [6.45, 7) is 0. The summed E-state index contributed by atoms with van der Waals surface area (Å²) in [6.07, 6.45) is -2.71. The van der Waals surface area contributed by atoms with Crippen LogP contribution in [0.15, 0.2) is 59.9 Å². The summed E-state index contributed by atoms with van der Waals surface area (Å²) in [5, 5.41) is 0. The molecule has 2 N–H and O–H groups in total. The number of nitrogens with two attached hydrogens (primary N) is 1. The lowest BCUT2D eigenvalue weighted by Gasteiger charge is -2.27. The van der Waals surface area contributed by atoms with Crippen LogP contribution < -0.4 is 5.73 Å². The molecule has 0 bridgehead atoms. The van der Waals surface area contributed by atoms with Gasteiger partial charge in [0.2, 0.25) is 5.95 Å². The van der Waals surface area contributed by atoms with Crippen LogP contribution in [0.4, 0.5) is 22.0 Å². The van der Waals surface area contributed by atoms with E-state index < -0.39 is 35.1 Å². The molecule has 0 saturated heterocycles. The Labute approximate surface area is 178 Å². The normalized spacial score (nSPS) is 18.8. The van der Waals surface area contributed by atoms with Gasteiger partial charge in [0.25, 0.3) is 5.91 Å². The molecule has 1 atom stereocenters. The van der Waals surface area contributed by atoms with E-state index in [0.717, 1.165) is 23.2 Å². The number of rotatable bonds is 3. The summed E-state index contributed by atoms with van der Waals surface area (Å²) in [6, 6.07) is 7.86. The zero-order valence-corrected chi connectivity index (χ0v) is 16.4. The fourth-order valence-electron chi connectivity index (χ4n) is 3.54. The number of pyridine rings is 2. The molecule has 0 saturated carbocycles. The fourth-order valence-corrected chi connectivity index (χ4v) is 3.54. The van der Waals surface area contributed by atoms with Crippen LogP contribution >= 0.6 is 0 Å². The molecule has 0 aliphatic carbocycles. The van der Waals surface area contributed by atoms with Crippen LogP contribution in [0.2, 0.25) is 0 Å². The highest BCUT2D eigenvalue weighted by Gasteiger charge is 2.50. The van der Waals surface area contributed by atoms with E-state index in [4.69, 9.17) is 5.73 Å². The predicted molar refractivity (Wildman–Crippen MR) is 104 cm³/mol. The molecule has 0 spiro atoms. The van der Waals surface area contributed by atoms with Gasteiger partial charge in [-0.3, -0.25) is 14.7 Å². The van der Waals surface area contributed by atoms with Crippen molar-refractivity contribution in [3.05, 3.63) is 83.4 Å². The van der Waals surface area contributed by atoms with Gasteiger partial charge in [0, 0.05) is 30.6 Å². The van der Waals surface area contributed by atoms with Crippen LogP contribution in [0, 0.1) is 11.8 Å². The Balaban J connectivity index is 2.00. The molecule has 0 radical (unpaired) electrons. The van der Waals surface area contributed by atoms with Crippen molar-refractivity contribution in [2.75, 3.05) is 7.05 Å². The Hall–Kier alpha value is -3.89. The molecule has 2 aromatic heterocycles. The minimum Gasteiger partial charge on any atom is -0.369 e. The Bertz CT molecular complexity index is 1260. The van der Waals surface area contributed by atoms with Crippen LogP contribution in [-0.2, 0) is 16.5 Å². The maximum Gasteiger partial charge on any atom is 0.433 e. The Morgan fingerprint density at radius 1 is 0.969 bits per heavy atom. The minimum absolute atomic E-state index is 0.00576. The molecular formula is C21H14F5N5O. The maximum atomic E-state index is 14.6. The highest BCUT2D eigenvalue weighted by atomic mass is 19.4. The molecule has 32 heavy (non-hydrogen) atoms. The van der Waals surface area contributed by atoms with Crippen LogP contribution in [0.1, 0.15) is 16.8 Å². The van der Waals surface area contributed by atoms with Crippen LogP contribution in [-0.4, -0.2) is 33.8 Å². The highest BCUT2D eigenvalue weighted by Crippen LogP contribution is 2.42. The monoisotopic (exact) mass is 447 g/mol. The van der Waals surface area contributed by atoms with Gasteiger partial charge in [-0.15, -0.1) is 0 Å². The average molecular weight is 447 g/mol. The summed E-state index contributed by atoms with van der Waals surface area (Å²) in [5.41, 5.74) is 1.90. The number of amides is 1. The molecule has 1 aliphatic rings. The van der Waals surface area contributed by atoms with E-state index in [1.807, 2.05) is 0 Å². The fraction of sp³-hybridized carbons (Fsp3) is 0.143. The third-order valence-corrected chi connectivity index (χ3v) is 5.14. The number of guanidine groups is 1. The van der Waals surface area contributed by atoms with Crippen molar-refractivity contribution in [1.29, 1.82) is 0 Å². The number of carbonyl (C=O) groups is 1. The van der Waals surface area contributed by atoms with E-state index in [9.17, 15) is 26.7 Å². The second kappa shape index (κ2) is 7.36. The van der Waals surface area contributed by atoms with Crippen molar-refractivity contribution < 1.29 is 26.7 Å². The van der Waals surface area contributed by atoms with Gasteiger partial charge in [0.15, 0.2) is 11.5 Å². The molecule has 1 aliphatic heterocycles. The van der Waals surface area contributed by atoms with E-state index in [2.05, 4.69) is 15.0 Å². The second-order valence-corrected chi connectivity index (χ2v) is 7.01. The molecule has 0 fully saturated rings. The first-order chi connectivity index (χ1) is 15.1. The van der Waals surface area contributed by atoms with Gasteiger partial charge in [0.1, 0.15) is 11.5 Å². The van der Waals surface area contributed by atoms with Gasteiger partial charge in [-0.2, -0.15) is 17.6 Å². The van der Waals surface area contributed by atoms with Crippen molar-refractivity contribution in [2.45, 2.75) is 11.7 Å². The number of benzene rings is 1. The van der Waals surface area contributed by atoms with Gasteiger partial charge in [-0.1, -0.05) is 6.07 Å². The smallest absolute Gasteiger partial charge is 0.369 e. The van der Waals surface area contributed by atoms with Crippen molar-refractivity contribution in [2.24, 2.45) is 10.7 Å². The number of likely N-dealkylation sites (N-methyl/N-ethyl adjacent to an activating group) is 1. The quantitative estimate of drug-likeness (QED) is 0.492. The number of nitrogens with zero attached hydrogens (tertiary/aromatic N) is 4. The van der Waals surface area contributed by atoms with E-state index in [1.165, 1.54) is 37.5 Å². The third kappa shape index (κ3) is 3.26. The summed E-state index contributed by atoms with van der Waals surface area (Å²) in [4.78, 5) is 25.2. The number of aromatic nitrogens is 2. The molecule has 4 rings (SSSR count). The first-order valence-corrected chi connectivity index (χ1v) is 9.14. The van der Waals surface area contributed by atoms with Gasteiger partial charge in [-0.25, -0.2) is 14.4 Å². The van der Waals surface area contributed by atoms with Crippen molar-refractivity contribution in [3.63, 3.8) is 0 Å². The number of aliphatic imine (C=N–C) groups is 1. The Kier molecular flexibility index (Phi) is 4.91. The highest BCUT2D eigenvalue weighted by molar-refractivity contribution is 6.09. The molecule has 164 valence electrons. The number of halogens is 5. The average Bonchev–Trinajstić information content (AvgIpc) is 2.99. The lowest BCUT2D eigenvalue weighted by atomic mass is 9.81. The zero-order chi connectivity index (χ0) is 23.3. The molecule has 11 heteroatoms. The molecule has 6 nitrogen and oxygen atoms in total. The second-order valence-electron chi connectivity index (χ2n) is 7.01. The van der Waals surface area contributed by atoms with Crippen molar-refractivity contribution >= 4 is 11.9 Å². The van der Waals surface area contributed by atoms with E-state index in [0.29, 0.717) is 6.07 Å². The molecule has 3 heterocycles. The molecule has 3 aromatic rings. The lowest BCUT2D eigenvalue weighted by molar-refractivity contribution is -0.141. The summed E-state index contributed by atoms with van der Waals surface area (Å²) in [7, 11) is 1.31. The third-order valence-electron chi connectivity index (χ3n) is 5.14. The number of hydrogen-bond donors (Lipinski definition) is 1. The number of alkyl halides is 3. The van der Waals surface area contributed by atoms with Crippen molar-refractivity contribution in [3.8, 4) is 11.1 Å². The molecule has 1 unspecified atom stereocenters. The molecule has 1 aromatic carbocycles. The SMILES string of the molecule is CN1C(=O)C(c2ccnc(C(F)(F)F)c2)(c2ccc(F)c(-c3cccnc3F)c2)N=C1N. The van der Waals surface area contributed by atoms with Crippen LogP contribution in [0.5, 0.6) is 0 Å². The van der Waals surface area contributed by atoms with E-state index in [-0.39, 0.29) is 28.2 Å². The maximum absolute atomic E-state index is 14.6. The predicted octanol–water partition coefficient (Wildman–Crippen LogP) is 3.47. The van der Waals surface area contributed by atoms with Gasteiger partial charge in [0.05, 0.1) is 0 Å². The topological polar surface area (TPSA) is 84.5 Å². The first-order valence-electron chi connectivity index (χ1n) is 9.14. The largest absolute Gasteiger partial charge is 0.433 e. The van der Waals surface area contributed by atoms with Crippen LogP contribution in [0.3, 0.4) is 0 Å². The summed E-state index contributed by atoms with van der Waals surface area (Å²) < 4.78 is 68.7. The van der Waals surface area contributed by atoms with Gasteiger partial charge in [-0.05, 0) is 47.5 Å². The summed E-state index contributed by atoms with van der Waals surface area (Å²) in [5.74, 6) is -2.80. The molecule has 1 amide bonds. The lowest BCUT2D eigenvalue weighted by Crippen LogP contribution is -2.41. The van der Waals surface area contributed by atoms with Gasteiger partial charge >= 0.3 is 6.18 Å². The van der Waals surface area contributed by atoms with E-state index in [1.54, 1.807) is 0 Å². The Morgan fingerprint density at radius 3 is 2.31 bits per heavy atom. The zero-order valence-electron chi connectivity index (χ0n) is 16.4. The van der Waals surface area contributed by atoms with E-state index >= 15 is 0 Å². The minimum atomic E-state index is -4.78. The Morgan fingerprint density at radius 2 is 1.69 bits per heavy atom. The standard InChI is InChI=1S/C21H14F5N5O/c1-31-18(32)20(30-19(31)27,12-6-8-28-16(10-12)21(24,25)26)11-4-5-15(22)14(9-11)13-3-2-7-29-17(13)23/h2-10H,1H3,(H2,27,30). The number of carbonyl (C=O) groups excluding carboxylic acids is 1. The molecular weight excluding hydrogens is 433 g/mol.